The first-order valence-electron chi connectivity index (χ1n) is 3.31. The van der Waals surface area contributed by atoms with Gasteiger partial charge in [0.05, 0.1) is 6.54 Å². The average molecular weight is 240 g/mol. The Morgan fingerprint density at radius 3 is 1.67 bits per heavy atom. The molecule has 0 radical (unpaired) electrons. The van der Waals surface area contributed by atoms with Gasteiger partial charge in [0.25, 0.3) is 5.60 Å². The van der Waals surface area contributed by atoms with Crippen molar-refractivity contribution in [1.82, 2.24) is 5.32 Å². The quantitative estimate of drug-likeness (QED) is 0.615. The van der Waals surface area contributed by atoms with E-state index in [-0.39, 0.29) is 0 Å². The molecule has 0 saturated carbocycles. The van der Waals surface area contributed by atoms with E-state index >= 15 is 0 Å². The van der Waals surface area contributed by atoms with E-state index in [1.165, 1.54) is 0 Å². The van der Waals surface area contributed by atoms with Crippen LogP contribution in [-0.2, 0) is 0 Å². The van der Waals surface area contributed by atoms with Crippen molar-refractivity contribution in [3.05, 3.63) is 0 Å². The number of carbonyl (C=O) groups excluding carboxylic acids is 1. The summed E-state index contributed by atoms with van der Waals surface area (Å²) in [6.07, 6.45) is -11.9. The highest BCUT2D eigenvalue weighted by Crippen LogP contribution is 2.42. The first-order valence-corrected chi connectivity index (χ1v) is 3.31. The zero-order valence-corrected chi connectivity index (χ0v) is 6.91. The number of hydrogen-bond donors (Lipinski definition) is 3. The maximum atomic E-state index is 11.9. The number of amides is 2. The summed E-state index contributed by atoms with van der Waals surface area (Å²) in [4.78, 5) is 9.97. The van der Waals surface area contributed by atoms with E-state index in [4.69, 9.17) is 5.11 Å². The molecule has 4 nitrogen and oxygen atoms in total. The number of rotatable bonds is 2. The number of aliphatic hydroxyl groups is 1. The smallest absolute Gasteiger partial charge is 0.372 e. The molecular weight excluding hydrogens is 234 g/mol. The van der Waals surface area contributed by atoms with E-state index in [1.807, 2.05) is 0 Å². The topological polar surface area (TPSA) is 75.4 Å². The molecule has 15 heavy (non-hydrogen) atoms. The molecule has 0 saturated heterocycles. The van der Waals surface area contributed by atoms with E-state index in [9.17, 15) is 31.1 Å². The van der Waals surface area contributed by atoms with Crippen LogP contribution < -0.4 is 11.1 Å². The normalized spacial score (nSPS) is 13.8. The number of primary amides is 1. The molecule has 2 amide bonds. The van der Waals surface area contributed by atoms with Gasteiger partial charge in [-0.05, 0) is 0 Å². The minimum atomic E-state index is -5.96. The number of urea groups is 1. The van der Waals surface area contributed by atoms with Crippen LogP contribution in [0, 0.1) is 0 Å². The second kappa shape index (κ2) is 3.76. The van der Waals surface area contributed by atoms with Gasteiger partial charge in [0, 0.05) is 0 Å². The molecule has 0 bridgehead atoms. The summed E-state index contributed by atoms with van der Waals surface area (Å²) in [7, 11) is 0. The van der Waals surface area contributed by atoms with Gasteiger partial charge in [-0.15, -0.1) is 0 Å². The number of nitrogens with two attached hydrogens (primary N) is 1. The van der Waals surface area contributed by atoms with Crippen LogP contribution in [0.1, 0.15) is 0 Å². The third-order valence-electron chi connectivity index (χ3n) is 1.46. The van der Waals surface area contributed by atoms with Crippen LogP contribution in [0.25, 0.3) is 0 Å². The average Bonchev–Trinajstić information content (AvgIpc) is 1.95. The second-order valence-electron chi connectivity index (χ2n) is 2.57. The van der Waals surface area contributed by atoms with E-state index in [0.29, 0.717) is 0 Å². The van der Waals surface area contributed by atoms with Crippen molar-refractivity contribution in [2.24, 2.45) is 5.73 Å². The van der Waals surface area contributed by atoms with Gasteiger partial charge in [0.1, 0.15) is 0 Å². The van der Waals surface area contributed by atoms with Crippen molar-refractivity contribution < 1.29 is 36.2 Å². The highest BCUT2D eigenvalue weighted by atomic mass is 19.4. The molecule has 0 atom stereocenters. The monoisotopic (exact) mass is 240 g/mol. The lowest BCUT2D eigenvalue weighted by molar-refractivity contribution is -0.364. The predicted octanol–water partition coefficient (Wildman–Crippen LogP) is 0.510. The third kappa shape index (κ3) is 2.88. The Morgan fingerprint density at radius 1 is 1.13 bits per heavy atom. The Morgan fingerprint density at radius 2 is 1.47 bits per heavy atom. The standard InChI is InChI=1S/C5H6F6N2O2/c6-4(7,8)3(15,5(9,10)11)1-13-2(12)14/h15H,1H2,(H3,12,13,14). The fourth-order valence-corrected chi connectivity index (χ4v) is 0.576. The lowest BCUT2D eigenvalue weighted by Crippen LogP contribution is -2.63. The molecule has 90 valence electrons. The number of hydrogen-bond acceptors (Lipinski definition) is 2. The molecule has 0 aliphatic rings. The van der Waals surface area contributed by atoms with Gasteiger partial charge in [0.2, 0.25) is 0 Å². The van der Waals surface area contributed by atoms with Crippen LogP contribution in [0.15, 0.2) is 0 Å². The number of halogens is 6. The zero-order valence-electron chi connectivity index (χ0n) is 6.91. The minimum Gasteiger partial charge on any atom is -0.372 e. The molecule has 4 N–H and O–H groups in total. The van der Waals surface area contributed by atoms with Crippen molar-refractivity contribution in [3.8, 4) is 0 Å². The SMILES string of the molecule is NC(=O)NCC(O)(C(F)(F)F)C(F)(F)F. The van der Waals surface area contributed by atoms with Gasteiger partial charge in [-0.3, -0.25) is 0 Å². The second-order valence-corrected chi connectivity index (χ2v) is 2.57. The Labute approximate surface area is 79.0 Å². The lowest BCUT2D eigenvalue weighted by Gasteiger charge is -2.31. The molecule has 0 spiro atoms. The maximum absolute atomic E-state index is 11.9. The predicted molar refractivity (Wildman–Crippen MR) is 34.6 cm³/mol. The minimum absolute atomic E-state index is 1.05. The molecule has 0 aromatic heterocycles. The summed E-state index contributed by atoms with van der Waals surface area (Å²) in [6.45, 7) is -2.09. The molecular formula is C5H6F6N2O2. The molecule has 0 fully saturated rings. The van der Waals surface area contributed by atoms with E-state index in [2.05, 4.69) is 5.73 Å². The number of alkyl halides is 6. The first kappa shape index (κ1) is 13.8. The van der Waals surface area contributed by atoms with Crippen LogP contribution in [0.2, 0.25) is 0 Å². The molecule has 10 heteroatoms. The number of carbonyl (C=O) groups is 1. The Bertz CT molecular complexity index is 233. The van der Waals surface area contributed by atoms with Gasteiger partial charge in [-0.1, -0.05) is 0 Å². The Kier molecular flexibility index (Phi) is 3.46. The molecule has 0 aromatic rings. The Hall–Kier alpha value is -1.19. The molecule has 0 aliphatic carbocycles. The highest BCUT2D eigenvalue weighted by molar-refractivity contribution is 5.71. The third-order valence-corrected chi connectivity index (χ3v) is 1.46. The van der Waals surface area contributed by atoms with Gasteiger partial charge in [-0.2, -0.15) is 26.3 Å². The van der Waals surface area contributed by atoms with Crippen molar-refractivity contribution in [1.29, 1.82) is 0 Å². The van der Waals surface area contributed by atoms with Gasteiger partial charge in [-0.25, -0.2) is 4.79 Å². The Balaban J connectivity index is 4.98. The highest BCUT2D eigenvalue weighted by Gasteiger charge is 2.70. The zero-order chi connectivity index (χ0) is 12.5. The van der Waals surface area contributed by atoms with Crippen LogP contribution in [0.4, 0.5) is 31.1 Å². The summed E-state index contributed by atoms with van der Waals surface area (Å²) in [5, 5.41) is 9.46. The molecule has 0 heterocycles. The molecule has 0 unspecified atom stereocenters. The maximum Gasteiger partial charge on any atom is 0.428 e. The van der Waals surface area contributed by atoms with Crippen molar-refractivity contribution >= 4 is 6.03 Å². The largest absolute Gasteiger partial charge is 0.428 e. The van der Waals surface area contributed by atoms with Gasteiger partial charge < -0.3 is 16.2 Å². The summed E-state index contributed by atoms with van der Waals surface area (Å²) in [6, 6.07) is -1.61. The van der Waals surface area contributed by atoms with Crippen molar-refractivity contribution in [2.45, 2.75) is 18.0 Å². The van der Waals surface area contributed by atoms with Gasteiger partial charge in [0.15, 0.2) is 0 Å². The lowest BCUT2D eigenvalue weighted by atomic mass is 10.0. The summed E-state index contributed by atoms with van der Waals surface area (Å²) < 4.78 is 71.3. The fraction of sp³-hybridized carbons (Fsp3) is 0.800. The summed E-state index contributed by atoms with van der Waals surface area (Å²) >= 11 is 0. The first-order chi connectivity index (χ1) is 6.42. The van der Waals surface area contributed by atoms with Crippen LogP contribution in [-0.4, -0.2) is 35.6 Å². The summed E-state index contributed by atoms with van der Waals surface area (Å²) in [5.41, 5.74) is -0.715. The summed E-state index contributed by atoms with van der Waals surface area (Å²) in [5.74, 6) is 0. The van der Waals surface area contributed by atoms with Crippen LogP contribution in [0.3, 0.4) is 0 Å². The number of nitrogens with one attached hydrogen (secondary N) is 1. The molecule has 0 aliphatic heterocycles. The van der Waals surface area contributed by atoms with Gasteiger partial charge >= 0.3 is 18.4 Å². The van der Waals surface area contributed by atoms with E-state index in [0.717, 1.165) is 5.32 Å². The van der Waals surface area contributed by atoms with Crippen LogP contribution in [0.5, 0.6) is 0 Å². The van der Waals surface area contributed by atoms with Crippen LogP contribution >= 0.6 is 0 Å². The van der Waals surface area contributed by atoms with E-state index < -0.39 is 30.5 Å². The van der Waals surface area contributed by atoms with Crippen molar-refractivity contribution in [2.75, 3.05) is 6.54 Å². The fourth-order valence-electron chi connectivity index (χ4n) is 0.576. The molecule has 0 rings (SSSR count). The molecule has 0 aromatic carbocycles. The van der Waals surface area contributed by atoms with Crippen molar-refractivity contribution in [3.63, 3.8) is 0 Å². The van der Waals surface area contributed by atoms with E-state index in [1.54, 1.807) is 0 Å².